The highest BCUT2D eigenvalue weighted by molar-refractivity contribution is 9.10. The number of aliphatic hydroxyl groups excluding tert-OH is 1. The van der Waals surface area contributed by atoms with Gasteiger partial charge in [-0.3, -0.25) is 4.98 Å². The summed E-state index contributed by atoms with van der Waals surface area (Å²) in [5, 5.41) is 10.1. The Labute approximate surface area is 119 Å². The van der Waals surface area contributed by atoms with Crippen molar-refractivity contribution in [1.82, 2.24) is 4.98 Å². The van der Waals surface area contributed by atoms with E-state index in [1.807, 2.05) is 18.2 Å². The molecule has 0 aliphatic heterocycles. The fraction of sp³-hybridized carbons (Fsp3) is 0.214. The SMILES string of the molecule is COc1ccc(Br)cc1CC(O)c1ccc(F)cn1. The van der Waals surface area contributed by atoms with Gasteiger partial charge in [-0.05, 0) is 35.9 Å². The monoisotopic (exact) mass is 325 g/mol. The first kappa shape index (κ1) is 14.0. The first-order valence-electron chi connectivity index (χ1n) is 5.72. The molecule has 1 aromatic heterocycles. The van der Waals surface area contributed by atoms with Gasteiger partial charge in [0.15, 0.2) is 0 Å². The quantitative estimate of drug-likeness (QED) is 0.938. The van der Waals surface area contributed by atoms with Crippen LogP contribution >= 0.6 is 15.9 Å². The number of aromatic nitrogens is 1. The average Bonchev–Trinajstić information content (AvgIpc) is 2.39. The molecule has 1 N–H and O–H groups in total. The molecule has 0 aliphatic carbocycles. The Balaban J connectivity index is 2.20. The Hall–Kier alpha value is -1.46. The highest BCUT2D eigenvalue weighted by Crippen LogP contribution is 2.27. The van der Waals surface area contributed by atoms with Crippen LogP contribution in [-0.2, 0) is 6.42 Å². The van der Waals surface area contributed by atoms with Gasteiger partial charge in [0.25, 0.3) is 0 Å². The van der Waals surface area contributed by atoms with Crippen LogP contribution < -0.4 is 4.74 Å². The highest BCUT2D eigenvalue weighted by atomic mass is 79.9. The van der Waals surface area contributed by atoms with Crippen LogP contribution in [0, 0.1) is 5.82 Å². The van der Waals surface area contributed by atoms with E-state index in [-0.39, 0.29) is 0 Å². The van der Waals surface area contributed by atoms with Crippen LogP contribution in [0.4, 0.5) is 4.39 Å². The first-order chi connectivity index (χ1) is 9.10. The topological polar surface area (TPSA) is 42.4 Å². The van der Waals surface area contributed by atoms with Gasteiger partial charge in [-0.1, -0.05) is 15.9 Å². The van der Waals surface area contributed by atoms with Gasteiger partial charge < -0.3 is 9.84 Å². The van der Waals surface area contributed by atoms with Crippen molar-refractivity contribution in [2.24, 2.45) is 0 Å². The molecule has 1 unspecified atom stereocenters. The van der Waals surface area contributed by atoms with Crippen LogP contribution in [0.25, 0.3) is 0 Å². The minimum atomic E-state index is -0.802. The molecule has 0 saturated carbocycles. The minimum absolute atomic E-state index is 0.348. The van der Waals surface area contributed by atoms with Gasteiger partial charge >= 0.3 is 0 Å². The van der Waals surface area contributed by atoms with Crippen molar-refractivity contribution in [3.63, 3.8) is 0 Å². The van der Waals surface area contributed by atoms with Gasteiger partial charge in [0.1, 0.15) is 17.7 Å². The fourth-order valence-corrected chi connectivity index (χ4v) is 2.21. The standard InChI is InChI=1S/C14H13BrFNO2/c1-19-14-5-2-10(15)6-9(14)7-13(18)12-4-3-11(16)8-17-12/h2-6,8,13,18H,7H2,1H3. The van der Waals surface area contributed by atoms with E-state index in [0.29, 0.717) is 17.9 Å². The second-order valence-electron chi connectivity index (χ2n) is 4.08. The molecule has 5 heteroatoms. The molecule has 0 aliphatic rings. The average molecular weight is 326 g/mol. The van der Waals surface area contributed by atoms with Gasteiger partial charge in [0.2, 0.25) is 0 Å². The third-order valence-corrected chi connectivity index (χ3v) is 3.24. The van der Waals surface area contributed by atoms with Crippen LogP contribution in [0.3, 0.4) is 0 Å². The Morgan fingerprint density at radius 3 is 2.79 bits per heavy atom. The van der Waals surface area contributed by atoms with Gasteiger partial charge in [0.05, 0.1) is 19.0 Å². The number of methoxy groups -OCH3 is 1. The van der Waals surface area contributed by atoms with Crippen molar-refractivity contribution in [2.75, 3.05) is 7.11 Å². The molecule has 0 radical (unpaired) electrons. The molecule has 1 heterocycles. The van der Waals surface area contributed by atoms with Gasteiger partial charge in [-0.2, -0.15) is 0 Å². The summed E-state index contributed by atoms with van der Waals surface area (Å²) in [6.45, 7) is 0. The van der Waals surface area contributed by atoms with Crippen molar-refractivity contribution in [1.29, 1.82) is 0 Å². The molecular formula is C14H13BrFNO2. The third kappa shape index (κ3) is 3.52. The van der Waals surface area contributed by atoms with E-state index in [0.717, 1.165) is 16.2 Å². The zero-order valence-corrected chi connectivity index (χ0v) is 11.9. The second-order valence-corrected chi connectivity index (χ2v) is 4.99. The maximum Gasteiger partial charge on any atom is 0.141 e. The van der Waals surface area contributed by atoms with Crippen LogP contribution in [-0.4, -0.2) is 17.2 Å². The number of aliphatic hydroxyl groups is 1. The molecule has 2 rings (SSSR count). The number of hydrogen-bond donors (Lipinski definition) is 1. The Morgan fingerprint density at radius 1 is 1.37 bits per heavy atom. The zero-order chi connectivity index (χ0) is 13.8. The number of rotatable bonds is 4. The summed E-state index contributed by atoms with van der Waals surface area (Å²) in [4.78, 5) is 3.87. The van der Waals surface area contributed by atoms with E-state index >= 15 is 0 Å². The van der Waals surface area contributed by atoms with Gasteiger partial charge in [-0.25, -0.2) is 4.39 Å². The predicted octanol–water partition coefficient (Wildman–Crippen LogP) is 3.27. The predicted molar refractivity (Wildman–Crippen MR) is 73.6 cm³/mol. The molecule has 1 atom stereocenters. The number of hydrogen-bond acceptors (Lipinski definition) is 3. The number of ether oxygens (including phenoxy) is 1. The second kappa shape index (κ2) is 6.12. The third-order valence-electron chi connectivity index (χ3n) is 2.75. The lowest BCUT2D eigenvalue weighted by atomic mass is 10.0. The van der Waals surface area contributed by atoms with Crippen LogP contribution in [0.15, 0.2) is 41.0 Å². The van der Waals surface area contributed by atoms with E-state index in [4.69, 9.17) is 4.74 Å². The largest absolute Gasteiger partial charge is 0.496 e. The summed E-state index contributed by atoms with van der Waals surface area (Å²) in [7, 11) is 1.58. The van der Waals surface area contributed by atoms with E-state index in [1.165, 1.54) is 12.1 Å². The first-order valence-corrected chi connectivity index (χ1v) is 6.51. The number of pyridine rings is 1. The van der Waals surface area contributed by atoms with E-state index in [1.54, 1.807) is 7.11 Å². The van der Waals surface area contributed by atoms with Crippen molar-refractivity contribution in [3.05, 3.63) is 58.1 Å². The number of nitrogens with zero attached hydrogens (tertiary/aromatic N) is 1. The van der Waals surface area contributed by atoms with Crippen LogP contribution in [0.2, 0.25) is 0 Å². The summed E-state index contributed by atoms with van der Waals surface area (Å²) >= 11 is 3.38. The van der Waals surface area contributed by atoms with Crippen molar-refractivity contribution >= 4 is 15.9 Å². The van der Waals surface area contributed by atoms with Crippen LogP contribution in [0.5, 0.6) is 5.75 Å². The summed E-state index contributed by atoms with van der Waals surface area (Å²) in [5.74, 6) is 0.278. The lowest BCUT2D eigenvalue weighted by Crippen LogP contribution is -2.05. The van der Waals surface area contributed by atoms with Gasteiger partial charge in [-0.15, -0.1) is 0 Å². The van der Waals surface area contributed by atoms with Crippen molar-refractivity contribution < 1.29 is 14.2 Å². The molecule has 0 bridgehead atoms. The summed E-state index contributed by atoms with van der Waals surface area (Å²) in [6.07, 6.45) is 0.640. The fourth-order valence-electron chi connectivity index (χ4n) is 1.80. The summed E-state index contributed by atoms with van der Waals surface area (Å²) < 4.78 is 18.9. The van der Waals surface area contributed by atoms with Crippen LogP contribution in [0.1, 0.15) is 17.4 Å². The molecular weight excluding hydrogens is 313 g/mol. The maximum atomic E-state index is 12.8. The van der Waals surface area contributed by atoms with Crippen molar-refractivity contribution in [2.45, 2.75) is 12.5 Å². The molecule has 0 amide bonds. The molecule has 0 saturated heterocycles. The minimum Gasteiger partial charge on any atom is -0.496 e. The lowest BCUT2D eigenvalue weighted by Gasteiger charge is -2.13. The Kier molecular flexibility index (Phi) is 4.50. The normalized spacial score (nSPS) is 12.2. The van der Waals surface area contributed by atoms with E-state index in [9.17, 15) is 9.50 Å². The molecule has 1 aromatic carbocycles. The smallest absolute Gasteiger partial charge is 0.141 e. The highest BCUT2D eigenvalue weighted by Gasteiger charge is 2.13. The molecule has 3 nitrogen and oxygen atoms in total. The summed E-state index contributed by atoms with van der Waals surface area (Å²) in [6, 6.07) is 8.33. The van der Waals surface area contributed by atoms with Gasteiger partial charge in [0, 0.05) is 10.9 Å². The molecule has 19 heavy (non-hydrogen) atoms. The Morgan fingerprint density at radius 2 is 2.16 bits per heavy atom. The molecule has 100 valence electrons. The molecule has 0 fully saturated rings. The molecule has 0 spiro atoms. The number of halogens is 2. The maximum absolute atomic E-state index is 12.8. The number of benzene rings is 1. The van der Waals surface area contributed by atoms with Crippen molar-refractivity contribution in [3.8, 4) is 5.75 Å². The zero-order valence-electron chi connectivity index (χ0n) is 10.3. The van der Waals surface area contributed by atoms with E-state index < -0.39 is 11.9 Å². The molecule has 2 aromatic rings. The summed E-state index contributed by atoms with van der Waals surface area (Å²) in [5.41, 5.74) is 1.29. The van der Waals surface area contributed by atoms with E-state index in [2.05, 4.69) is 20.9 Å². The lowest BCUT2D eigenvalue weighted by molar-refractivity contribution is 0.172. The Bertz CT molecular complexity index is 560.